The van der Waals surface area contributed by atoms with E-state index in [0.717, 1.165) is 24.8 Å². The van der Waals surface area contributed by atoms with Gasteiger partial charge in [-0.15, -0.1) is 0 Å². The molecular formula is C25H38O4. The first-order valence-electron chi connectivity index (χ1n) is 10.9. The van der Waals surface area contributed by atoms with Crippen LogP contribution in [-0.2, 0) is 4.79 Å². The lowest BCUT2D eigenvalue weighted by Crippen LogP contribution is -2.32. The molecule has 4 heteroatoms. The van der Waals surface area contributed by atoms with Crippen molar-refractivity contribution in [2.45, 2.75) is 79.2 Å². The van der Waals surface area contributed by atoms with Crippen LogP contribution in [0.1, 0.15) is 73.1 Å². The second-order valence-corrected chi connectivity index (χ2v) is 9.27. The first-order chi connectivity index (χ1) is 13.6. The van der Waals surface area contributed by atoms with Gasteiger partial charge in [0.2, 0.25) is 5.78 Å². The number of hydrogen-bond donors (Lipinski definition) is 3. The van der Waals surface area contributed by atoms with Gasteiger partial charge in [0.25, 0.3) is 0 Å². The summed E-state index contributed by atoms with van der Waals surface area (Å²) < 4.78 is 0. The second kappa shape index (κ2) is 9.90. The highest BCUT2D eigenvalue weighted by atomic mass is 16.3. The van der Waals surface area contributed by atoms with Gasteiger partial charge in [0, 0.05) is 23.9 Å². The van der Waals surface area contributed by atoms with Crippen molar-refractivity contribution in [1.29, 1.82) is 0 Å². The molecule has 0 saturated heterocycles. The minimum absolute atomic E-state index is 0.107. The molecule has 29 heavy (non-hydrogen) atoms. The summed E-state index contributed by atoms with van der Waals surface area (Å²) in [5.74, 6) is -0.860. The molecule has 4 atom stereocenters. The Balaban J connectivity index is 2.46. The van der Waals surface area contributed by atoms with Crippen LogP contribution in [0.3, 0.4) is 0 Å². The Morgan fingerprint density at radius 1 is 1.14 bits per heavy atom. The van der Waals surface area contributed by atoms with E-state index < -0.39 is 11.5 Å². The van der Waals surface area contributed by atoms with Gasteiger partial charge in [-0.2, -0.15) is 0 Å². The molecule has 2 aliphatic rings. The Morgan fingerprint density at radius 2 is 1.79 bits per heavy atom. The molecule has 0 radical (unpaired) electrons. The number of rotatable bonds is 2. The predicted octanol–water partition coefficient (Wildman–Crippen LogP) is 5.19. The van der Waals surface area contributed by atoms with E-state index in [0.29, 0.717) is 24.8 Å². The van der Waals surface area contributed by atoms with Gasteiger partial charge in [-0.05, 0) is 70.4 Å². The van der Waals surface area contributed by atoms with E-state index >= 15 is 0 Å². The van der Waals surface area contributed by atoms with Crippen molar-refractivity contribution < 1.29 is 20.1 Å². The lowest BCUT2D eigenvalue weighted by Gasteiger charge is -2.32. The van der Waals surface area contributed by atoms with Gasteiger partial charge in [0.1, 0.15) is 0 Å². The highest BCUT2D eigenvalue weighted by molar-refractivity contribution is 6.02. The zero-order valence-electron chi connectivity index (χ0n) is 18.7. The van der Waals surface area contributed by atoms with Crippen molar-refractivity contribution in [3.8, 4) is 0 Å². The van der Waals surface area contributed by atoms with Gasteiger partial charge in [0.15, 0.2) is 5.76 Å². The van der Waals surface area contributed by atoms with Gasteiger partial charge in [-0.25, -0.2) is 0 Å². The predicted molar refractivity (Wildman–Crippen MR) is 117 cm³/mol. The fourth-order valence-electron chi connectivity index (χ4n) is 4.53. The molecule has 2 aliphatic carbocycles. The molecule has 0 amide bonds. The molecule has 0 aromatic rings. The molecular weight excluding hydrogens is 364 g/mol. The normalized spacial score (nSPS) is 36.7. The number of ketones is 1. The lowest BCUT2D eigenvalue weighted by atomic mass is 9.70. The standard InChI is InChI=1S/C25H38O4/c1-16-7-6-8-17(2)13-14-25(5)20(11-10-18(3)21(27)12-9-16)22(19(4)15-26)23(28)24(25)29/h7,10,13,19-21,26-28H,6,8-9,11-12,14-15H2,1-5H3/b16-7-,17-13+,18-10+/t19-,20+,21-,25-/m1/s1. The van der Waals surface area contributed by atoms with Crippen LogP contribution in [0, 0.1) is 17.3 Å². The third-order valence-corrected chi connectivity index (χ3v) is 6.88. The van der Waals surface area contributed by atoms with Crippen molar-refractivity contribution >= 4 is 5.78 Å². The molecule has 0 unspecified atom stereocenters. The number of carbonyl (C=O) groups excluding carboxylic acids is 1. The van der Waals surface area contributed by atoms with E-state index in [9.17, 15) is 20.1 Å². The van der Waals surface area contributed by atoms with Crippen molar-refractivity contribution in [2.75, 3.05) is 6.61 Å². The molecule has 0 aliphatic heterocycles. The van der Waals surface area contributed by atoms with Crippen LogP contribution in [0.2, 0.25) is 0 Å². The quantitative estimate of drug-likeness (QED) is 0.556. The Labute approximate surface area is 175 Å². The van der Waals surface area contributed by atoms with Crippen LogP contribution in [-0.4, -0.2) is 33.8 Å². The first kappa shape index (κ1) is 23.6. The summed E-state index contributed by atoms with van der Waals surface area (Å²) in [6.07, 6.45) is 10.4. The first-order valence-corrected chi connectivity index (χ1v) is 10.9. The molecule has 3 N–H and O–H groups in total. The van der Waals surface area contributed by atoms with Crippen molar-refractivity contribution in [3.63, 3.8) is 0 Å². The third-order valence-electron chi connectivity index (χ3n) is 6.88. The number of aliphatic hydroxyl groups is 3. The molecule has 0 saturated carbocycles. The van der Waals surface area contributed by atoms with Crippen molar-refractivity contribution in [1.82, 2.24) is 0 Å². The minimum atomic E-state index is -0.738. The molecule has 0 aromatic carbocycles. The molecule has 0 heterocycles. The van der Waals surface area contributed by atoms with Crippen LogP contribution < -0.4 is 0 Å². The molecule has 2 rings (SSSR count). The van der Waals surface area contributed by atoms with E-state index in [1.165, 1.54) is 11.1 Å². The summed E-state index contributed by atoms with van der Waals surface area (Å²) in [4.78, 5) is 13.1. The smallest absolute Gasteiger partial charge is 0.203 e. The number of Topliss-reactive ketones (excluding diaryl/α,β-unsaturated/α-hetero) is 1. The van der Waals surface area contributed by atoms with Crippen LogP contribution in [0.15, 0.2) is 46.3 Å². The number of allylic oxidation sites excluding steroid dienone is 6. The third kappa shape index (κ3) is 5.29. The Bertz CT molecular complexity index is 740. The summed E-state index contributed by atoms with van der Waals surface area (Å²) in [7, 11) is 0. The number of aliphatic hydroxyl groups excluding tert-OH is 3. The van der Waals surface area contributed by atoms with Gasteiger partial charge in [0.05, 0.1) is 6.10 Å². The summed E-state index contributed by atoms with van der Waals surface area (Å²) in [6.45, 7) is 9.81. The molecule has 162 valence electrons. The number of hydrogen-bond acceptors (Lipinski definition) is 4. The Morgan fingerprint density at radius 3 is 2.45 bits per heavy atom. The average Bonchev–Trinajstić information content (AvgIpc) is 2.88. The molecule has 0 bridgehead atoms. The zero-order valence-corrected chi connectivity index (χ0v) is 18.7. The SMILES string of the molecule is C/C1=C/CC/C(C)=C/C[C@@]2(C)C(=O)C(O)=C([C@H](C)CO)[C@@H]2C/C=C(\C)[C@H](O)CC1. The fraction of sp³-hybridized carbons (Fsp3) is 0.640. The summed E-state index contributed by atoms with van der Waals surface area (Å²) in [5, 5.41) is 30.9. The summed E-state index contributed by atoms with van der Waals surface area (Å²) in [6, 6.07) is 0. The highest BCUT2D eigenvalue weighted by Gasteiger charge is 2.51. The van der Waals surface area contributed by atoms with E-state index in [4.69, 9.17) is 0 Å². The van der Waals surface area contributed by atoms with E-state index in [1.54, 1.807) is 0 Å². The summed E-state index contributed by atoms with van der Waals surface area (Å²) >= 11 is 0. The van der Waals surface area contributed by atoms with Crippen LogP contribution >= 0.6 is 0 Å². The van der Waals surface area contributed by atoms with Crippen LogP contribution in [0.25, 0.3) is 0 Å². The molecule has 0 aromatic heterocycles. The largest absolute Gasteiger partial charge is 0.504 e. The molecule has 0 spiro atoms. The monoisotopic (exact) mass is 402 g/mol. The van der Waals surface area contributed by atoms with Crippen molar-refractivity contribution in [3.05, 3.63) is 46.3 Å². The second-order valence-electron chi connectivity index (χ2n) is 9.27. The maximum Gasteiger partial charge on any atom is 0.203 e. The van der Waals surface area contributed by atoms with E-state index in [2.05, 4.69) is 26.0 Å². The maximum absolute atomic E-state index is 13.1. The van der Waals surface area contributed by atoms with Crippen molar-refractivity contribution in [2.24, 2.45) is 17.3 Å². The lowest BCUT2D eigenvalue weighted by molar-refractivity contribution is -0.126. The Kier molecular flexibility index (Phi) is 8.07. The van der Waals surface area contributed by atoms with Crippen LogP contribution in [0.4, 0.5) is 0 Å². The zero-order chi connectivity index (χ0) is 21.8. The van der Waals surface area contributed by atoms with Crippen LogP contribution in [0.5, 0.6) is 0 Å². The Hall–Kier alpha value is -1.65. The molecule has 4 nitrogen and oxygen atoms in total. The highest BCUT2D eigenvalue weighted by Crippen LogP contribution is 2.50. The van der Waals surface area contributed by atoms with Gasteiger partial charge in [-0.3, -0.25) is 4.79 Å². The average molecular weight is 403 g/mol. The number of carbonyl (C=O) groups is 1. The topological polar surface area (TPSA) is 77.8 Å². The van der Waals surface area contributed by atoms with E-state index in [-0.39, 0.29) is 30.0 Å². The van der Waals surface area contributed by atoms with Gasteiger partial charge >= 0.3 is 0 Å². The summed E-state index contributed by atoms with van der Waals surface area (Å²) in [5.41, 5.74) is 3.36. The minimum Gasteiger partial charge on any atom is -0.504 e. The van der Waals surface area contributed by atoms with E-state index in [1.807, 2.05) is 26.8 Å². The molecule has 0 fully saturated rings. The van der Waals surface area contributed by atoms with Gasteiger partial charge in [-0.1, -0.05) is 43.2 Å². The maximum atomic E-state index is 13.1. The van der Waals surface area contributed by atoms with Gasteiger partial charge < -0.3 is 15.3 Å². The fourth-order valence-corrected chi connectivity index (χ4v) is 4.53. The number of fused-ring (bicyclic) bond motifs is 1.